The van der Waals surface area contributed by atoms with Gasteiger partial charge in [-0.15, -0.1) is 0 Å². The monoisotopic (exact) mass is 620 g/mol. The lowest BCUT2D eigenvalue weighted by molar-refractivity contribution is 0.628. The molecule has 230 valence electrons. The molecule has 0 N–H and O–H groups in total. The molecule has 1 aromatic heterocycles. The van der Waals surface area contributed by atoms with E-state index in [9.17, 15) is 4.39 Å². The van der Waals surface area contributed by atoms with E-state index in [1.54, 1.807) is 12.1 Å². The Bertz CT molecular complexity index is 2470. The number of hydrogen-bond acceptors (Lipinski definition) is 1. The van der Waals surface area contributed by atoms with Crippen LogP contribution in [0.4, 0.5) is 21.5 Å². The summed E-state index contributed by atoms with van der Waals surface area (Å²) in [4.78, 5) is 2.25. The Balaban J connectivity index is 1.21. The van der Waals surface area contributed by atoms with Gasteiger partial charge in [-0.2, -0.15) is 0 Å². The van der Waals surface area contributed by atoms with Gasteiger partial charge in [0.15, 0.2) is 0 Å². The quantitative estimate of drug-likeness (QED) is 0.186. The van der Waals surface area contributed by atoms with E-state index in [1.165, 1.54) is 38.8 Å². The Labute approximate surface area is 280 Å². The first-order valence-electron chi connectivity index (χ1n) is 16.5. The van der Waals surface area contributed by atoms with Gasteiger partial charge in [0.25, 0.3) is 0 Å². The summed E-state index contributed by atoms with van der Waals surface area (Å²) in [5.41, 5.74) is 13.8. The molecular weight excluding hydrogens is 588 g/mol. The van der Waals surface area contributed by atoms with E-state index in [1.807, 2.05) is 18.2 Å². The van der Waals surface area contributed by atoms with Crippen LogP contribution in [0.3, 0.4) is 0 Å². The van der Waals surface area contributed by atoms with Gasteiger partial charge in [-0.1, -0.05) is 105 Å². The van der Waals surface area contributed by atoms with Crippen molar-refractivity contribution in [3.05, 3.63) is 181 Å². The van der Waals surface area contributed by atoms with Crippen molar-refractivity contribution in [1.29, 1.82) is 0 Å². The average molecular weight is 621 g/mol. The highest BCUT2D eigenvalue weighted by molar-refractivity contribution is 6.10. The number of aromatic nitrogens is 1. The van der Waals surface area contributed by atoms with Gasteiger partial charge in [0, 0.05) is 38.9 Å². The van der Waals surface area contributed by atoms with Crippen LogP contribution in [0.1, 0.15) is 25.0 Å². The molecule has 3 heteroatoms. The van der Waals surface area contributed by atoms with Crippen LogP contribution >= 0.6 is 0 Å². The summed E-state index contributed by atoms with van der Waals surface area (Å²) in [6, 6.07) is 56.9. The van der Waals surface area contributed by atoms with Crippen molar-refractivity contribution in [2.24, 2.45) is 0 Å². The molecule has 0 unspecified atom stereocenters. The van der Waals surface area contributed by atoms with Crippen molar-refractivity contribution in [2.45, 2.75) is 19.3 Å². The van der Waals surface area contributed by atoms with E-state index in [4.69, 9.17) is 0 Å². The summed E-state index contributed by atoms with van der Waals surface area (Å²) in [6.45, 7) is 4.61. The smallest absolute Gasteiger partial charge is 0.123 e. The van der Waals surface area contributed by atoms with Crippen LogP contribution in [-0.4, -0.2) is 4.57 Å². The maximum absolute atomic E-state index is 14.2. The Morgan fingerprint density at radius 2 is 1.08 bits per heavy atom. The van der Waals surface area contributed by atoms with E-state index >= 15 is 0 Å². The number of hydrogen-bond donors (Lipinski definition) is 0. The zero-order valence-corrected chi connectivity index (χ0v) is 26.9. The van der Waals surface area contributed by atoms with Gasteiger partial charge in [0.2, 0.25) is 0 Å². The minimum absolute atomic E-state index is 0.135. The van der Waals surface area contributed by atoms with Gasteiger partial charge in [0.1, 0.15) is 5.82 Å². The molecule has 2 nitrogen and oxygen atoms in total. The number of halogens is 1. The van der Waals surface area contributed by atoms with Crippen LogP contribution in [0, 0.1) is 5.82 Å². The van der Waals surface area contributed by atoms with Gasteiger partial charge >= 0.3 is 0 Å². The molecule has 0 bridgehead atoms. The minimum Gasteiger partial charge on any atom is -0.310 e. The van der Waals surface area contributed by atoms with E-state index < -0.39 is 0 Å². The van der Waals surface area contributed by atoms with Crippen LogP contribution in [0.15, 0.2) is 164 Å². The third-order valence-corrected chi connectivity index (χ3v) is 10.1. The normalized spacial score (nSPS) is 13.1. The SMILES string of the molecule is CC1(C)c2ccccc2-c2ccc(N(c3ccc(F)cc3)c3ccc4c(c3)c3ccccc3n4-c3ccc(-c4ccccc4)cc3)cc21. The molecule has 0 saturated heterocycles. The Morgan fingerprint density at radius 3 is 1.90 bits per heavy atom. The summed E-state index contributed by atoms with van der Waals surface area (Å²) in [7, 11) is 0. The van der Waals surface area contributed by atoms with Crippen molar-refractivity contribution in [1.82, 2.24) is 4.57 Å². The zero-order chi connectivity index (χ0) is 32.4. The van der Waals surface area contributed by atoms with Crippen molar-refractivity contribution in [2.75, 3.05) is 4.90 Å². The lowest BCUT2D eigenvalue weighted by Gasteiger charge is -2.28. The average Bonchev–Trinajstić information content (AvgIpc) is 3.58. The number of fused-ring (bicyclic) bond motifs is 6. The molecule has 0 atom stereocenters. The van der Waals surface area contributed by atoms with Gasteiger partial charge in [-0.3, -0.25) is 0 Å². The summed E-state index contributed by atoms with van der Waals surface area (Å²) in [5, 5.41) is 2.35. The lowest BCUT2D eigenvalue weighted by atomic mass is 9.82. The minimum atomic E-state index is -0.249. The second-order valence-electron chi connectivity index (χ2n) is 13.2. The van der Waals surface area contributed by atoms with Gasteiger partial charge in [-0.05, 0) is 106 Å². The van der Waals surface area contributed by atoms with E-state index in [0.717, 1.165) is 39.2 Å². The van der Waals surface area contributed by atoms with E-state index in [-0.39, 0.29) is 11.2 Å². The molecule has 1 aliphatic rings. The number of rotatable bonds is 5. The first-order chi connectivity index (χ1) is 23.5. The van der Waals surface area contributed by atoms with Gasteiger partial charge < -0.3 is 9.47 Å². The first kappa shape index (κ1) is 28.3. The maximum Gasteiger partial charge on any atom is 0.123 e. The number of benzene rings is 7. The van der Waals surface area contributed by atoms with Crippen molar-refractivity contribution < 1.29 is 4.39 Å². The third-order valence-electron chi connectivity index (χ3n) is 10.1. The highest BCUT2D eigenvalue weighted by Gasteiger charge is 2.35. The molecule has 48 heavy (non-hydrogen) atoms. The predicted octanol–water partition coefficient (Wildman–Crippen LogP) is 12.4. The van der Waals surface area contributed by atoms with Crippen LogP contribution in [0.2, 0.25) is 0 Å². The van der Waals surface area contributed by atoms with Gasteiger partial charge in [-0.25, -0.2) is 4.39 Å². The zero-order valence-electron chi connectivity index (χ0n) is 26.9. The number of anilines is 3. The van der Waals surface area contributed by atoms with Crippen LogP contribution in [-0.2, 0) is 5.41 Å². The largest absolute Gasteiger partial charge is 0.310 e. The molecule has 8 aromatic rings. The molecule has 1 aliphatic carbocycles. The second-order valence-corrected chi connectivity index (χ2v) is 13.2. The molecule has 0 saturated carbocycles. The molecule has 0 fully saturated rings. The van der Waals surface area contributed by atoms with Crippen molar-refractivity contribution in [3.8, 4) is 27.9 Å². The van der Waals surface area contributed by atoms with Crippen LogP contribution < -0.4 is 4.90 Å². The topological polar surface area (TPSA) is 8.17 Å². The summed E-state index contributed by atoms with van der Waals surface area (Å²) < 4.78 is 16.6. The molecule has 9 rings (SSSR count). The number of para-hydroxylation sites is 1. The fourth-order valence-electron chi connectivity index (χ4n) is 7.68. The van der Waals surface area contributed by atoms with E-state index in [2.05, 4.69) is 157 Å². The molecule has 0 radical (unpaired) electrons. The van der Waals surface area contributed by atoms with Crippen LogP contribution in [0.25, 0.3) is 49.7 Å². The fraction of sp³-hybridized carbons (Fsp3) is 0.0667. The molecule has 0 amide bonds. The molecular formula is C45H33FN2. The standard InChI is InChI=1S/C45H33FN2/c1-45(2)41-14-8-6-12-37(41)38-26-24-36(29-42(38)45)47(33-22-18-32(46)19-23-33)35-25-27-44-40(28-35)39-13-7-9-15-43(39)48(44)34-20-16-31(17-21-34)30-10-4-3-5-11-30/h3-29H,1-2H3. The summed E-state index contributed by atoms with van der Waals surface area (Å²) >= 11 is 0. The molecule has 0 spiro atoms. The summed E-state index contributed by atoms with van der Waals surface area (Å²) in [6.07, 6.45) is 0. The first-order valence-corrected chi connectivity index (χ1v) is 16.5. The highest BCUT2D eigenvalue weighted by atomic mass is 19.1. The summed E-state index contributed by atoms with van der Waals surface area (Å²) in [5.74, 6) is -0.249. The number of nitrogens with zero attached hydrogens (tertiary/aromatic N) is 2. The Kier molecular flexibility index (Phi) is 6.38. The second kappa shape index (κ2) is 10.8. The third kappa shape index (κ3) is 4.39. The Hall–Kier alpha value is -5.93. The highest BCUT2D eigenvalue weighted by Crippen LogP contribution is 2.50. The maximum atomic E-state index is 14.2. The van der Waals surface area contributed by atoms with E-state index in [0.29, 0.717) is 0 Å². The van der Waals surface area contributed by atoms with Crippen LogP contribution in [0.5, 0.6) is 0 Å². The van der Waals surface area contributed by atoms with Gasteiger partial charge in [0.05, 0.1) is 11.0 Å². The predicted molar refractivity (Wildman–Crippen MR) is 198 cm³/mol. The molecule has 7 aromatic carbocycles. The molecule has 1 heterocycles. The molecule has 0 aliphatic heterocycles. The Morgan fingerprint density at radius 1 is 0.479 bits per heavy atom. The lowest BCUT2D eigenvalue weighted by Crippen LogP contribution is -2.16. The van der Waals surface area contributed by atoms with Crippen molar-refractivity contribution in [3.63, 3.8) is 0 Å². The fourth-order valence-corrected chi connectivity index (χ4v) is 7.68. The van der Waals surface area contributed by atoms with Crippen molar-refractivity contribution >= 4 is 38.9 Å².